The fourth-order valence-electron chi connectivity index (χ4n) is 1.45. The van der Waals surface area contributed by atoms with Gasteiger partial charge in [0.1, 0.15) is 0 Å². The largest absolute Gasteiger partial charge is 0.356 e. The molecular formula is C10H7N3O. The van der Waals surface area contributed by atoms with Crippen molar-refractivity contribution < 1.29 is 4.52 Å². The van der Waals surface area contributed by atoms with Crippen LogP contribution in [0.25, 0.3) is 22.2 Å². The number of H-pyrrole nitrogens is 1. The van der Waals surface area contributed by atoms with Crippen molar-refractivity contribution in [3.63, 3.8) is 0 Å². The monoisotopic (exact) mass is 185 g/mol. The number of benzene rings is 1. The number of hydrogen-bond acceptors (Lipinski definition) is 3. The molecule has 0 amide bonds. The second-order valence-corrected chi connectivity index (χ2v) is 3.04. The predicted octanol–water partition coefficient (Wildman–Crippen LogP) is 2.22. The molecule has 1 N–H and O–H groups in total. The third kappa shape index (κ3) is 1.01. The summed E-state index contributed by atoms with van der Waals surface area (Å²) in [7, 11) is 0. The standard InChI is InChI=1S/C10H7N3O/c1-2-10-8(4-13-14-10)3-7(1)9-5-11-6-12-9/h1-6H,(H,11,12). The summed E-state index contributed by atoms with van der Waals surface area (Å²) in [6, 6.07) is 5.89. The molecule has 3 aromatic rings. The lowest BCUT2D eigenvalue weighted by molar-refractivity contribution is 0.456. The van der Waals surface area contributed by atoms with E-state index in [-0.39, 0.29) is 0 Å². The Morgan fingerprint density at radius 3 is 3.07 bits per heavy atom. The molecular weight excluding hydrogens is 178 g/mol. The average molecular weight is 185 g/mol. The van der Waals surface area contributed by atoms with Crippen LogP contribution in [0.3, 0.4) is 0 Å². The van der Waals surface area contributed by atoms with Gasteiger partial charge < -0.3 is 9.51 Å². The molecule has 68 valence electrons. The average Bonchev–Trinajstić information content (AvgIpc) is 2.88. The second-order valence-electron chi connectivity index (χ2n) is 3.04. The Morgan fingerprint density at radius 2 is 2.21 bits per heavy atom. The maximum atomic E-state index is 5.01. The Balaban J connectivity index is 2.23. The highest BCUT2D eigenvalue weighted by molar-refractivity contribution is 5.81. The predicted molar refractivity (Wildman–Crippen MR) is 51.6 cm³/mol. The molecule has 0 aliphatic carbocycles. The van der Waals surface area contributed by atoms with Crippen LogP contribution in [0.4, 0.5) is 0 Å². The van der Waals surface area contributed by atoms with Gasteiger partial charge in [0.25, 0.3) is 0 Å². The molecule has 0 saturated carbocycles. The molecule has 1 aromatic carbocycles. The number of nitrogens with one attached hydrogen (secondary N) is 1. The van der Waals surface area contributed by atoms with Crippen LogP contribution in [-0.4, -0.2) is 15.1 Å². The van der Waals surface area contributed by atoms with Gasteiger partial charge in [0, 0.05) is 10.9 Å². The van der Waals surface area contributed by atoms with Crippen LogP contribution in [0.2, 0.25) is 0 Å². The third-order valence-electron chi connectivity index (χ3n) is 2.16. The van der Waals surface area contributed by atoms with Crippen molar-refractivity contribution in [3.05, 3.63) is 36.9 Å². The van der Waals surface area contributed by atoms with Crippen LogP contribution in [0.15, 0.2) is 41.4 Å². The van der Waals surface area contributed by atoms with E-state index in [0.717, 1.165) is 22.2 Å². The van der Waals surface area contributed by atoms with Gasteiger partial charge in [-0.05, 0) is 18.2 Å². The smallest absolute Gasteiger partial charge is 0.166 e. The van der Waals surface area contributed by atoms with Gasteiger partial charge in [0.05, 0.1) is 24.4 Å². The molecule has 0 radical (unpaired) electrons. The summed E-state index contributed by atoms with van der Waals surface area (Å²) in [5.41, 5.74) is 2.87. The highest BCUT2D eigenvalue weighted by Crippen LogP contribution is 2.21. The molecule has 2 heterocycles. The first-order valence-electron chi connectivity index (χ1n) is 4.27. The van der Waals surface area contributed by atoms with E-state index in [0.29, 0.717) is 0 Å². The van der Waals surface area contributed by atoms with E-state index in [1.54, 1.807) is 18.7 Å². The van der Waals surface area contributed by atoms with Gasteiger partial charge in [-0.25, -0.2) is 4.98 Å². The van der Waals surface area contributed by atoms with Gasteiger partial charge in [-0.1, -0.05) is 5.16 Å². The summed E-state index contributed by atoms with van der Waals surface area (Å²) in [4.78, 5) is 7.02. The number of aromatic amines is 1. The van der Waals surface area contributed by atoms with Crippen molar-refractivity contribution in [1.82, 2.24) is 15.1 Å². The molecule has 0 aliphatic rings. The van der Waals surface area contributed by atoms with Gasteiger partial charge >= 0.3 is 0 Å². The lowest BCUT2D eigenvalue weighted by atomic mass is 10.1. The molecule has 0 bridgehead atoms. The highest BCUT2D eigenvalue weighted by Gasteiger charge is 2.02. The van der Waals surface area contributed by atoms with E-state index in [4.69, 9.17) is 4.52 Å². The van der Waals surface area contributed by atoms with E-state index in [1.165, 1.54) is 0 Å². The summed E-state index contributed by atoms with van der Waals surface area (Å²) < 4.78 is 5.01. The number of fused-ring (bicyclic) bond motifs is 1. The van der Waals surface area contributed by atoms with Crippen LogP contribution in [-0.2, 0) is 0 Å². The minimum absolute atomic E-state index is 0.799. The van der Waals surface area contributed by atoms with Crippen LogP contribution in [0, 0.1) is 0 Å². The number of aromatic nitrogens is 3. The van der Waals surface area contributed by atoms with Gasteiger partial charge in [-0.15, -0.1) is 0 Å². The quantitative estimate of drug-likeness (QED) is 0.632. The summed E-state index contributed by atoms with van der Waals surface area (Å²) in [6.07, 6.45) is 5.15. The first kappa shape index (κ1) is 7.32. The van der Waals surface area contributed by atoms with Crippen LogP contribution >= 0.6 is 0 Å². The van der Waals surface area contributed by atoms with E-state index >= 15 is 0 Å². The van der Waals surface area contributed by atoms with Gasteiger partial charge in [-0.2, -0.15) is 0 Å². The van der Waals surface area contributed by atoms with E-state index < -0.39 is 0 Å². The van der Waals surface area contributed by atoms with Crippen molar-refractivity contribution in [2.45, 2.75) is 0 Å². The molecule has 4 heteroatoms. The molecule has 0 unspecified atom stereocenters. The van der Waals surface area contributed by atoms with E-state index in [1.807, 2.05) is 18.2 Å². The molecule has 0 saturated heterocycles. The SMILES string of the molecule is c1ncc(-c2ccc3oncc3c2)[nH]1. The zero-order valence-electron chi connectivity index (χ0n) is 7.27. The zero-order valence-corrected chi connectivity index (χ0v) is 7.27. The van der Waals surface area contributed by atoms with Crippen molar-refractivity contribution in [2.24, 2.45) is 0 Å². The maximum Gasteiger partial charge on any atom is 0.166 e. The van der Waals surface area contributed by atoms with E-state index in [2.05, 4.69) is 15.1 Å². The fraction of sp³-hybridized carbons (Fsp3) is 0. The van der Waals surface area contributed by atoms with Crippen LogP contribution in [0.1, 0.15) is 0 Å². The molecule has 4 nitrogen and oxygen atoms in total. The fourth-order valence-corrected chi connectivity index (χ4v) is 1.45. The Labute approximate surface area is 79.6 Å². The summed E-state index contributed by atoms with van der Waals surface area (Å²) >= 11 is 0. The van der Waals surface area contributed by atoms with Crippen LogP contribution in [0.5, 0.6) is 0 Å². The summed E-state index contributed by atoms with van der Waals surface area (Å²) in [5, 5.41) is 4.72. The van der Waals surface area contributed by atoms with Crippen LogP contribution < -0.4 is 0 Å². The summed E-state index contributed by atoms with van der Waals surface area (Å²) in [6.45, 7) is 0. The Hall–Kier alpha value is -2.10. The maximum absolute atomic E-state index is 5.01. The van der Waals surface area contributed by atoms with Gasteiger partial charge in [0.15, 0.2) is 5.58 Å². The lowest BCUT2D eigenvalue weighted by Gasteiger charge is -1.95. The number of hydrogen-bond donors (Lipinski definition) is 1. The second kappa shape index (κ2) is 2.70. The Morgan fingerprint density at radius 1 is 1.21 bits per heavy atom. The van der Waals surface area contributed by atoms with Crippen molar-refractivity contribution in [2.75, 3.05) is 0 Å². The first-order valence-corrected chi connectivity index (χ1v) is 4.27. The molecule has 2 aromatic heterocycles. The zero-order chi connectivity index (χ0) is 9.38. The van der Waals surface area contributed by atoms with Crippen molar-refractivity contribution >= 4 is 11.0 Å². The van der Waals surface area contributed by atoms with Gasteiger partial charge in [0.2, 0.25) is 0 Å². The number of rotatable bonds is 1. The Kier molecular flexibility index (Phi) is 1.41. The molecule has 14 heavy (non-hydrogen) atoms. The molecule has 0 atom stereocenters. The highest BCUT2D eigenvalue weighted by atomic mass is 16.5. The van der Waals surface area contributed by atoms with Crippen molar-refractivity contribution in [3.8, 4) is 11.3 Å². The summed E-state index contributed by atoms with van der Waals surface area (Å²) in [5.74, 6) is 0. The Bertz CT molecular complexity index is 554. The minimum atomic E-state index is 0.799. The molecule has 3 rings (SSSR count). The first-order chi connectivity index (χ1) is 6.93. The normalized spacial score (nSPS) is 10.9. The number of imidazole rings is 1. The topological polar surface area (TPSA) is 54.7 Å². The van der Waals surface area contributed by atoms with E-state index in [9.17, 15) is 0 Å². The lowest BCUT2D eigenvalue weighted by Crippen LogP contribution is -1.75. The van der Waals surface area contributed by atoms with Gasteiger partial charge in [-0.3, -0.25) is 0 Å². The van der Waals surface area contributed by atoms with Crippen molar-refractivity contribution in [1.29, 1.82) is 0 Å². The molecule has 0 aliphatic heterocycles. The number of nitrogens with zero attached hydrogens (tertiary/aromatic N) is 2. The molecule has 0 spiro atoms. The molecule has 0 fully saturated rings. The third-order valence-corrected chi connectivity index (χ3v) is 2.16. The minimum Gasteiger partial charge on any atom is -0.356 e.